The van der Waals surface area contributed by atoms with Crippen LogP contribution in [0.1, 0.15) is 6.92 Å². The number of rotatable bonds is 0. The summed E-state index contributed by atoms with van der Waals surface area (Å²) in [5.74, 6) is 0.126. The molecule has 0 saturated carbocycles. The minimum atomic E-state index is -0.113. The highest BCUT2D eigenvalue weighted by atomic mass is 16.2. The molecular weight excluding hydrogens is 118 g/mol. The van der Waals surface area contributed by atoms with Crippen LogP contribution in [0.2, 0.25) is 0 Å². The molecule has 0 atom stereocenters. The molecule has 2 N–H and O–H groups in total. The number of hydrogen-bond donors (Lipinski definition) is 1. The van der Waals surface area contributed by atoms with Gasteiger partial charge in [0, 0.05) is 21.0 Å². The van der Waals surface area contributed by atoms with E-state index in [1.165, 1.54) is 18.9 Å². The average molecular weight is 129 g/mol. The van der Waals surface area contributed by atoms with Gasteiger partial charge < -0.3 is 5.73 Å². The van der Waals surface area contributed by atoms with Crippen LogP contribution in [-0.2, 0) is 4.79 Å². The largest absolute Gasteiger partial charge is 0.369 e. The Kier molecular flexibility index (Phi) is 2.70. The maximum atomic E-state index is 10.5. The standard InChI is InChI=1S/C5H11N3O/c1-4(9)8(3)5(6)7-2/h1-3H3,(H2,6,7). The van der Waals surface area contributed by atoms with Gasteiger partial charge in [-0.15, -0.1) is 0 Å². The first-order valence-corrected chi connectivity index (χ1v) is 2.56. The van der Waals surface area contributed by atoms with Crippen LogP contribution in [0.4, 0.5) is 0 Å². The number of nitrogens with zero attached hydrogens (tertiary/aromatic N) is 2. The predicted octanol–water partition coefficient (Wildman–Crippen LogP) is -0.591. The molecular formula is C5H11N3O. The number of aliphatic imine (C=N–C) groups is 1. The van der Waals surface area contributed by atoms with Crippen LogP contribution in [0.15, 0.2) is 4.99 Å². The molecule has 0 unspecified atom stereocenters. The Morgan fingerprint density at radius 2 is 2.11 bits per heavy atom. The summed E-state index contributed by atoms with van der Waals surface area (Å²) >= 11 is 0. The van der Waals surface area contributed by atoms with Crippen LogP contribution in [0, 0.1) is 0 Å². The van der Waals surface area contributed by atoms with Crippen molar-refractivity contribution in [3.8, 4) is 0 Å². The van der Waals surface area contributed by atoms with Crippen LogP contribution in [0.3, 0.4) is 0 Å². The molecule has 4 heteroatoms. The highest BCUT2D eigenvalue weighted by molar-refractivity contribution is 5.94. The smallest absolute Gasteiger partial charge is 0.225 e. The number of guanidine groups is 1. The Hall–Kier alpha value is -1.06. The van der Waals surface area contributed by atoms with E-state index in [-0.39, 0.29) is 11.9 Å². The lowest BCUT2D eigenvalue weighted by molar-refractivity contribution is -0.124. The van der Waals surface area contributed by atoms with E-state index in [2.05, 4.69) is 4.99 Å². The van der Waals surface area contributed by atoms with Crippen LogP contribution in [0.5, 0.6) is 0 Å². The van der Waals surface area contributed by atoms with E-state index >= 15 is 0 Å². The summed E-state index contributed by atoms with van der Waals surface area (Å²) in [4.78, 5) is 15.4. The molecule has 0 aliphatic rings. The first-order chi connectivity index (χ1) is 4.09. The van der Waals surface area contributed by atoms with Crippen LogP contribution >= 0.6 is 0 Å². The molecule has 0 aromatic heterocycles. The lowest BCUT2D eigenvalue weighted by Gasteiger charge is -2.11. The van der Waals surface area contributed by atoms with E-state index in [9.17, 15) is 4.79 Å². The summed E-state index contributed by atoms with van der Waals surface area (Å²) in [6.45, 7) is 1.43. The molecule has 0 aliphatic carbocycles. The van der Waals surface area contributed by atoms with Crippen molar-refractivity contribution in [1.82, 2.24) is 4.90 Å². The quantitative estimate of drug-likeness (QED) is 0.351. The third-order valence-electron chi connectivity index (χ3n) is 1.05. The van der Waals surface area contributed by atoms with Gasteiger partial charge >= 0.3 is 0 Å². The van der Waals surface area contributed by atoms with Gasteiger partial charge in [0.25, 0.3) is 0 Å². The van der Waals surface area contributed by atoms with Crippen molar-refractivity contribution in [2.75, 3.05) is 14.1 Å². The van der Waals surface area contributed by atoms with Gasteiger partial charge in [-0.2, -0.15) is 0 Å². The lowest BCUT2D eigenvalue weighted by Crippen LogP contribution is -2.37. The molecule has 0 fully saturated rings. The van der Waals surface area contributed by atoms with Crippen molar-refractivity contribution in [1.29, 1.82) is 0 Å². The molecule has 0 spiro atoms. The Bertz CT molecular complexity index is 141. The molecule has 0 radical (unpaired) electrons. The third-order valence-corrected chi connectivity index (χ3v) is 1.05. The maximum absolute atomic E-state index is 10.5. The zero-order chi connectivity index (χ0) is 7.44. The number of carbonyl (C=O) groups excluding carboxylic acids is 1. The summed E-state index contributed by atoms with van der Waals surface area (Å²) in [6.07, 6.45) is 0. The first-order valence-electron chi connectivity index (χ1n) is 2.56. The number of amides is 1. The number of carbonyl (C=O) groups is 1. The van der Waals surface area contributed by atoms with Crippen molar-refractivity contribution in [3.05, 3.63) is 0 Å². The molecule has 0 saturated heterocycles. The molecule has 52 valence electrons. The van der Waals surface area contributed by atoms with Crippen molar-refractivity contribution in [3.63, 3.8) is 0 Å². The van der Waals surface area contributed by atoms with Gasteiger partial charge in [0.1, 0.15) is 0 Å². The summed E-state index contributed by atoms with van der Waals surface area (Å²) in [7, 11) is 3.11. The first kappa shape index (κ1) is 7.94. The average Bonchev–Trinajstić information content (AvgIpc) is 1.84. The molecule has 4 nitrogen and oxygen atoms in total. The van der Waals surface area contributed by atoms with Crippen molar-refractivity contribution in [2.24, 2.45) is 10.7 Å². The van der Waals surface area contributed by atoms with Gasteiger partial charge in [0.2, 0.25) is 5.91 Å². The Balaban J connectivity index is 4.04. The topological polar surface area (TPSA) is 58.7 Å². The van der Waals surface area contributed by atoms with Crippen molar-refractivity contribution >= 4 is 11.9 Å². The number of nitrogens with two attached hydrogens (primary N) is 1. The molecule has 0 aliphatic heterocycles. The minimum absolute atomic E-state index is 0.113. The summed E-state index contributed by atoms with van der Waals surface area (Å²) in [5.41, 5.74) is 5.27. The van der Waals surface area contributed by atoms with Gasteiger partial charge in [0.15, 0.2) is 5.96 Å². The zero-order valence-electron chi connectivity index (χ0n) is 5.88. The Morgan fingerprint density at radius 1 is 1.67 bits per heavy atom. The summed E-state index contributed by atoms with van der Waals surface area (Å²) < 4.78 is 0. The van der Waals surface area contributed by atoms with Crippen molar-refractivity contribution < 1.29 is 4.79 Å². The molecule has 0 aromatic rings. The molecule has 0 aromatic carbocycles. The second-order valence-electron chi connectivity index (χ2n) is 1.66. The SMILES string of the molecule is CN=C(N)N(C)C(C)=O. The van der Waals surface area contributed by atoms with E-state index in [0.29, 0.717) is 0 Å². The van der Waals surface area contributed by atoms with E-state index in [1.807, 2.05) is 0 Å². The highest BCUT2D eigenvalue weighted by Crippen LogP contribution is 1.80. The van der Waals surface area contributed by atoms with E-state index in [4.69, 9.17) is 5.73 Å². The van der Waals surface area contributed by atoms with Gasteiger partial charge in [-0.25, -0.2) is 0 Å². The normalized spacial score (nSPS) is 11.2. The van der Waals surface area contributed by atoms with Crippen molar-refractivity contribution in [2.45, 2.75) is 6.92 Å². The Labute approximate surface area is 54.4 Å². The van der Waals surface area contributed by atoms with E-state index < -0.39 is 0 Å². The zero-order valence-corrected chi connectivity index (χ0v) is 5.88. The van der Waals surface area contributed by atoms with E-state index in [1.54, 1.807) is 7.05 Å². The van der Waals surface area contributed by atoms with E-state index in [0.717, 1.165) is 0 Å². The van der Waals surface area contributed by atoms with Gasteiger partial charge in [-0.05, 0) is 0 Å². The highest BCUT2D eigenvalue weighted by Gasteiger charge is 2.03. The summed E-state index contributed by atoms with van der Waals surface area (Å²) in [6, 6.07) is 0. The fraction of sp³-hybridized carbons (Fsp3) is 0.600. The van der Waals surface area contributed by atoms with Crippen LogP contribution in [0.25, 0.3) is 0 Å². The van der Waals surface area contributed by atoms with Crippen LogP contribution < -0.4 is 5.73 Å². The Morgan fingerprint density at radius 3 is 2.22 bits per heavy atom. The number of hydrogen-bond acceptors (Lipinski definition) is 2. The molecule has 1 amide bonds. The summed E-state index contributed by atoms with van der Waals surface area (Å²) in [5, 5.41) is 0. The third kappa shape index (κ3) is 2.12. The fourth-order valence-electron chi connectivity index (χ4n) is 0.311. The fourth-order valence-corrected chi connectivity index (χ4v) is 0.311. The molecule has 0 rings (SSSR count). The predicted molar refractivity (Wildman–Crippen MR) is 36.0 cm³/mol. The molecule has 9 heavy (non-hydrogen) atoms. The maximum Gasteiger partial charge on any atom is 0.225 e. The van der Waals surface area contributed by atoms with Gasteiger partial charge in [0.05, 0.1) is 0 Å². The lowest BCUT2D eigenvalue weighted by atomic mass is 10.6. The molecule has 0 heterocycles. The minimum Gasteiger partial charge on any atom is -0.369 e. The second kappa shape index (κ2) is 3.06. The second-order valence-corrected chi connectivity index (χ2v) is 1.66. The van der Waals surface area contributed by atoms with Crippen LogP contribution in [-0.4, -0.2) is 30.9 Å². The van der Waals surface area contributed by atoms with Gasteiger partial charge in [-0.3, -0.25) is 14.7 Å². The monoisotopic (exact) mass is 129 g/mol. The van der Waals surface area contributed by atoms with Gasteiger partial charge in [-0.1, -0.05) is 0 Å². The molecule has 0 bridgehead atoms.